The van der Waals surface area contributed by atoms with Crippen LogP contribution in [0.2, 0.25) is 0 Å². The third-order valence-electron chi connectivity index (χ3n) is 13.2. The van der Waals surface area contributed by atoms with Crippen molar-refractivity contribution in [2.24, 2.45) is 17.8 Å². The van der Waals surface area contributed by atoms with Crippen LogP contribution >= 0.6 is 11.8 Å². The van der Waals surface area contributed by atoms with Gasteiger partial charge in [0.15, 0.2) is 6.61 Å². The first-order chi connectivity index (χ1) is 35.5. The van der Waals surface area contributed by atoms with Crippen molar-refractivity contribution in [1.29, 1.82) is 0 Å². The molecular weight excluding hydrogens is 945 g/mol. The van der Waals surface area contributed by atoms with Gasteiger partial charge in [0, 0.05) is 50.4 Å². The summed E-state index contributed by atoms with van der Waals surface area (Å²) >= 11 is 1.22. The molecule has 0 aliphatic heterocycles. The summed E-state index contributed by atoms with van der Waals surface area (Å²) in [5, 5.41) is -0.163. The number of esters is 5. The van der Waals surface area contributed by atoms with Gasteiger partial charge in [0.05, 0.1) is 38.3 Å². The second-order valence-electron chi connectivity index (χ2n) is 19.7. The maximum absolute atomic E-state index is 13.9. The zero-order valence-corrected chi connectivity index (χ0v) is 48.3. The first kappa shape index (κ1) is 69.7. The molecular formula is C59H106N2O11S. The van der Waals surface area contributed by atoms with E-state index in [0.29, 0.717) is 37.9 Å². The Morgan fingerprint density at radius 3 is 1.41 bits per heavy atom. The van der Waals surface area contributed by atoms with Gasteiger partial charge < -0.3 is 33.5 Å². The van der Waals surface area contributed by atoms with Gasteiger partial charge in [0.2, 0.25) is 0 Å². The van der Waals surface area contributed by atoms with Crippen molar-refractivity contribution in [2.45, 2.75) is 241 Å². The highest BCUT2D eigenvalue weighted by Crippen LogP contribution is 2.22. The maximum atomic E-state index is 13.9. The molecule has 0 saturated heterocycles. The zero-order chi connectivity index (χ0) is 54.0. The number of nitrogens with zero attached hydrogens (tertiary/aromatic N) is 2. The van der Waals surface area contributed by atoms with Gasteiger partial charge in [-0.1, -0.05) is 168 Å². The van der Waals surface area contributed by atoms with Gasteiger partial charge in [-0.2, -0.15) is 0 Å². The van der Waals surface area contributed by atoms with Crippen LogP contribution in [0, 0.1) is 29.6 Å². The van der Waals surface area contributed by atoms with E-state index in [4.69, 9.17) is 23.7 Å². The number of unbranched alkanes of at least 4 members (excludes halogenated alkanes) is 14. The normalized spacial score (nSPS) is 12.3. The molecule has 2 atom stereocenters. The molecule has 13 nitrogen and oxygen atoms in total. The Balaban J connectivity index is 5.74. The first-order valence-electron chi connectivity index (χ1n) is 29.4. The second kappa shape index (κ2) is 50.8. The van der Waals surface area contributed by atoms with E-state index < -0.39 is 17.9 Å². The standard InChI is InChI=1S/C59H106N2O11S/c1-8-15-20-23-24-25-30-44-68-54(62)41-33-43-61(59(67)73-47-34-42-60(13-6)14-7)48-51(49-71-55(63)39-28-31-45-69-57(65)52(35-18-11-4)37-26-21-16-9-2)50-72-56(64)40-29-32-46-70-58(66)53(36-19-12-5)38-27-22-17-10-3/h51-53H,8-24,26-29,31-50H2,1-7H3. The fraction of sp³-hybridized carbons (Fsp3) is 0.864. The number of thioether (sulfide) groups is 1. The van der Waals surface area contributed by atoms with Crippen molar-refractivity contribution in [3.8, 4) is 11.8 Å². The van der Waals surface area contributed by atoms with Gasteiger partial charge in [-0.15, -0.1) is 0 Å². The molecule has 0 N–H and O–H groups in total. The molecule has 1 amide bonds. The lowest BCUT2D eigenvalue weighted by molar-refractivity contribution is -0.150. The topological polar surface area (TPSA) is 155 Å². The summed E-state index contributed by atoms with van der Waals surface area (Å²) in [6, 6.07) is 0. The largest absolute Gasteiger partial charge is 0.465 e. The van der Waals surface area contributed by atoms with Gasteiger partial charge in [-0.3, -0.25) is 28.8 Å². The van der Waals surface area contributed by atoms with Crippen LogP contribution in [0.15, 0.2) is 0 Å². The zero-order valence-electron chi connectivity index (χ0n) is 47.5. The molecule has 0 aromatic heterocycles. The Morgan fingerprint density at radius 2 is 0.918 bits per heavy atom. The Kier molecular flexibility index (Phi) is 48.5. The van der Waals surface area contributed by atoms with E-state index in [2.05, 4.69) is 65.2 Å². The molecule has 0 fully saturated rings. The lowest BCUT2D eigenvalue weighted by Gasteiger charge is -2.27. The number of carbonyl (C=O) groups is 6. The van der Waals surface area contributed by atoms with Crippen molar-refractivity contribution >= 4 is 46.8 Å². The van der Waals surface area contributed by atoms with Crippen LogP contribution in [-0.2, 0) is 47.7 Å². The van der Waals surface area contributed by atoms with Crippen LogP contribution in [0.4, 0.5) is 4.79 Å². The second-order valence-corrected chi connectivity index (χ2v) is 20.8. The van der Waals surface area contributed by atoms with Gasteiger partial charge >= 0.3 is 29.8 Å². The van der Waals surface area contributed by atoms with Gasteiger partial charge in [0.1, 0.15) is 0 Å². The first-order valence-corrected chi connectivity index (χ1v) is 30.4. The summed E-state index contributed by atoms with van der Waals surface area (Å²) < 4.78 is 28.2. The molecule has 14 heteroatoms. The molecule has 424 valence electrons. The fourth-order valence-corrected chi connectivity index (χ4v) is 9.17. The molecule has 0 heterocycles. The smallest absolute Gasteiger partial charge is 0.308 e. The van der Waals surface area contributed by atoms with E-state index in [-0.39, 0.29) is 100 Å². The number of hydrogen-bond acceptors (Lipinski definition) is 13. The summed E-state index contributed by atoms with van der Waals surface area (Å²) in [5.41, 5.74) is 0. The van der Waals surface area contributed by atoms with E-state index in [1.54, 1.807) is 4.90 Å². The van der Waals surface area contributed by atoms with Crippen LogP contribution in [-0.4, -0.2) is 116 Å². The van der Waals surface area contributed by atoms with Gasteiger partial charge in [-0.25, -0.2) is 0 Å². The van der Waals surface area contributed by atoms with Gasteiger partial charge in [0.25, 0.3) is 5.24 Å². The fourth-order valence-electron chi connectivity index (χ4n) is 8.37. The van der Waals surface area contributed by atoms with Crippen molar-refractivity contribution in [2.75, 3.05) is 71.5 Å². The maximum Gasteiger partial charge on any atom is 0.308 e. The molecule has 0 aromatic carbocycles. The lowest BCUT2D eigenvalue weighted by atomic mass is 9.95. The molecule has 0 rings (SSSR count). The molecule has 0 bridgehead atoms. The summed E-state index contributed by atoms with van der Waals surface area (Å²) in [4.78, 5) is 82.6. The molecule has 2 unspecified atom stereocenters. The van der Waals surface area contributed by atoms with E-state index >= 15 is 0 Å². The summed E-state index contributed by atoms with van der Waals surface area (Å²) in [5.74, 6) is 4.35. The van der Waals surface area contributed by atoms with Crippen LogP contribution in [0.3, 0.4) is 0 Å². The predicted molar refractivity (Wildman–Crippen MR) is 297 cm³/mol. The van der Waals surface area contributed by atoms with E-state index in [0.717, 1.165) is 142 Å². The molecule has 0 spiro atoms. The molecule has 0 aliphatic rings. The monoisotopic (exact) mass is 1050 g/mol. The number of rotatable bonds is 49. The minimum Gasteiger partial charge on any atom is -0.465 e. The van der Waals surface area contributed by atoms with Crippen LogP contribution in [0.5, 0.6) is 0 Å². The molecule has 0 saturated carbocycles. The molecule has 73 heavy (non-hydrogen) atoms. The van der Waals surface area contributed by atoms with Crippen LogP contribution in [0.25, 0.3) is 0 Å². The van der Waals surface area contributed by atoms with Crippen molar-refractivity contribution < 1.29 is 52.5 Å². The third kappa shape index (κ3) is 41.6. The molecule has 0 aromatic rings. The summed E-state index contributed by atoms with van der Waals surface area (Å²) in [6.07, 6.45) is 25.1. The number of ether oxygens (including phenoxy) is 5. The Bertz CT molecular complexity index is 1400. The lowest BCUT2D eigenvalue weighted by Crippen LogP contribution is -2.38. The number of amides is 1. The Hall–Kier alpha value is -3.31. The van der Waals surface area contributed by atoms with E-state index in [1.165, 1.54) is 31.0 Å². The molecule has 0 aliphatic carbocycles. The van der Waals surface area contributed by atoms with Crippen molar-refractivity contribution in [3.63, 3.8) is 0 Å². The Labute approximate surface area is 449 Å². The SMILES string of the molecule is CCCCCCC#CCOC(=O)CCCN(CC(COC(=O)CCCCOC(=O)C(CCCC)CCCCCC)COC(=O)CCCCOC(=O)C(CCCC)CCCCCC)C(=O)SCCCN(CC)CC. The highest BCUT2D eigenvalue weighted by atomic mass is 32.2. The minimum atomic E-state index is -0.538. The average Bonchev–Trinajstić information content (AvgIpc) is 3.38. The predicted octanol–water partition coefficient (Wildman–Crippen LogP) is 13.9. The summed E-state index contributed by atoms with van der Waals surface area (Å²) in [7, 11) is 0. The molecule has 0 radical (unpaired) electrons. The van der Waals surface area contributed by atoms with Crippen molar-refractivity contribution in [1.82, 2.24) is 9.80 Å². The van der Waals surface area contributed by atoms with Crippen LogP contribution < -0.4 is 0 Å². The number of carbonyl (C=O) groups excluding carboxylic acids is 6. The highest BCUT2D eigenvalue weighted by molar-refractivity contribution is 8.13. The third-order valence-corrected chi connectivity index (χ3v) is 14.2. The van der Waals surface area contributed by atoms with Crippen LogP contribution in [0.1, 0.15) is 241 Å². The quantitative estimate of drug-likeness (QED) is 0.0246. The summed E-state index contributed by atoms with van der Waals surface area (Å²) in [6.45, 7) is 18.5. The van der Waals surface area contributed by atoms with E-state index in [1.807, 2.05) is 0 Å². The van der Waals surface area contributed by atoms with Gasteiger partial charge in [-0.05, 0) is 90.3 Å². The van der Waals surface area contributed by atoms with Crippen molar-refractivity contribution in [3.05, 3.63) is 0 Å². The number of hydrogen-bond donors (Lipinski definition) is 0. The highest BCUT2D eigenvalue weighted by Gasteiger charge is 2.24. The minimum absolute atomic E-state index is 0.0319. The average molecular weight is 1050 g/mol. The Morgan fingerprint density at radius 1 is 0.452 bits per heavy atom. The van der Waals surface area contributed by atoms with E-state index in [9.17, 15) is 28.8 Å².